The number of carboxylic acids is 1. The maximum absolute atomic E-state index is 11.4. The second kappa shape index (κ2) is 7.80. The number of hydrogen-bond acceptors (Lipinski definition) is 5. The van der Waals surface area contributed by atoms with Crippen LogP contribution in [0.5, 0.6) is 11.5 Å². The fourth-order valence-corrected chi connectivity index (χ4v) is 2.30. The van der Waals surface area contributed by atoms with E-state index in [-0.39, 0.29) is 18.3 Å². The fraction of sp³-hybridized carbons (Fsp3) is 0.353. The first kappa shape index (κ1) is 17.1. The second-order valence-electron chi connectivity index (χ2n) is 4.96. The predicted molar refractivity (Wildman–Crippen MR) is 85.6 cm³/mol. The molecular formula is C17H20O6. The summed E-state index contributed by atoms with van der Waals surface area (Å²) in [5.41, 5.74) is 0.137. The Kier molecular flexibility index (Phi) is 5.78. The number of carbonyl (C=O) groups is 1. The Hall–Kier alpha value is -2.31. The SMILES string of the molecule is COCC(COc1cc(C(=O)O)cc2c(OC)cccc12)OC. The monoisotopic (exact) mass is 320 g/mol. The Morgan fingerprint density at radius 2 is 1.87 bits per heavy atom. The number of hydrogen-bond donors (Lipinski definition) is 1. The van der Waals surface area contributed by atoms with Crippen molar-refractivity contribution in [3.05, 3.63) is 35.9 Å². The molecule has 0 saturated carbocycles. The van der Waals surface area contributed by atoms with Gasteiger partial charge in [-0.25, -0.2) is 4.79 Å². The highest BCUT2D eigenvalue weighted by Crippen LogP contribution is 2.33. The molecule has 124 valence electrons. The van der Waals surface area contributed by atoms with Crippen molar-refractivity contribution in [2.75, 3.05) is 34.5 Å². The molecule has 0 bridgehead atoms. The molecular weight excluding hydrogens is 300 g/mol. The highest BCUT2D eigenvalue weighted by molar-refractivity contribution is 6.00. The topological polar surface area (TPSA) is 74.2 Å². The van der Waals surface area contributed by atoms with Crippen LogP contribution in [0.15, 0.2) is 30.3 Å². The van der Waals surface area contributed by atoms with Gasteiger partial charge in [0, 0.05) is 25.0 Å². The van der Waals surface area contributed by atoms with Gasteiger partial charge in [-0.2, -0.15) is 0 Å². The Balaban J connectivity index is 2.42. The predicted octanol–water partition coefficient (Wildman–Crippen LogP) is 2.59. The normalized spacial score (nSPS) is 12.1. The lowest BCUT2D eigenvalue weighted by Crippen LogP contribution is -2.25. The van der Waals surface area contributed by atoms with Crippen LogP contribution in [0, 0.1) is 0 Å². The minimum atomic E-state index is -1.03. The zero-order chi connectivity index (χ0) is 16.8. The van der Waals surface area contributed by atoms with E-state index in [4.69, 9.17) is 18.9 Å². The minimum Gasteiger partial charge on any atom is -0.496 e. The van der Waals surface area contributed by atoms with E-state index in [0.717, 1.165) is 5.39 Å². The fourth-order valence-electron chi connectivity index (χ4n) is 2.30. The van der Waals surface area contributed by atoms with E-state index >= 15 is 0 Å². The highest BCUT2D eigenvalue weighted by atomic mass is 16.5. The van der Waals surface area contributed by atoms with Crippen molar-refractivity contribution in [2.24, 2.45) is 0 Å². The number of rotatable bonds is 8. The second-order valence-corrected chi connectivity index (χ2v) is 4.96. The van der Waals surface area contributed by atoms with Crippen LogP contribution < -0.4 is 9.47 Å². The molecule has 0 saturated heterocycles. The first-order valence-corrected chi connectivity index (χ1v) is 7.09. The molecule has 0 aliphatic carbocycles. The third-order valence-corrected chi connectivity index (χ3v) is 3.50. The molecule has 1 unspecified atom stereocenters. The van der Waals surface area contributed by atoms with Gasteiger partial charge < -0.3 is 24.1 Å². The van der Waals surface area contributed by atoms with E-state index in [0.29, 0.717) is 23.5 Å². The Morgan fingerprint density at radius 3 is 2.48 bits per heavy atom. The van der Waals surface area contributed by atoms with Crippen molar-refractivity contribution < 1.29 is 28.8 Å². The van der Waals surface area contributed by atoms with E-state index < -0.39 is 5.97 Å². The summed E-state index contributed by atoms with van der Waals surface area (Å²) in [6, 6.07) is 8.55. The lowest BCUT2D eigenvalue weighted by Gasteiger charge is -2.17. The third-order valence-electron chi connectivity index (χ3n) is 3.50. The van der Waals surface area contributed by atoms with Crippen molar-refractivity contribution >= 4 is 16.7 Å². The molecule has 0 spiro atoms. The largest absolute Gasteiger partial charge is 0.496 e. The average Bonchev–Trinajstić information content (AvgIpc) is 2.57. The van der Waals surface area contributed by atoms with Crippen molar-refractivity contribution in [1.82, 2.24) is 0 Å². The number of aromatic carboxylic acids is 1. The number of benzene rings is 2. The van der Waals surface area contributed by atoms with E-state index in [1.165, 1.54) is 6.07 Å². The lowest BCUT2D eigenvalue weighted by atomic mass is 10.0. The average molecular weight is 320 g/mol. The van der Waals surface area contributed by atoms with E-state index in [1.54, 1.807) is 33.5 Å². The lowest BCUT2D eigenvalue weighted by molar-refractivity contribution is 0.00116. The van der Waals surface area contributed by atoms with Crippen LogP contribution in [0.3, 0.4) is 0 Å². The van der Waals surface area contributed by atoms with Gasteiger partial charge in [-0.3, -0.25) is 0 Å². The maximum Gasteiger partial charge on any atom is 0.335 e. The number of fused-ring (bicyclic) bond motifs is 1. The quantitative estimate of drug-likeness (QED) is 0.806. The molecule has 6 nitrogen and oxygen atoms in total. The van der Waals surface area contributed by atoms with Crippen LogP contribution in [0.2, 0.25) is 0 Å². The third kappa shape index (κ3) is 3.91. The van der Waals surface area contributed by atoms with E-state index in [2.05, 4.69) is 0 Å². The highest BCUT2D eigenvalue weighted by Gasteiger charge is 2.15. The summed E-state index contributed by atoms with van der Waals surface area (Å²) >= 11 is 0. The van der Waals surface area contributed by atoms with Crippen LogP contribution in [-0.2, 0) is 9.47 Å². The number of ether oxygens (including phenoxy) is 4. The van der Waals surface area contributed by atoms with Gasteiger partial charge in [0.1, 0.15) is 24.2 Å². The van der Waals surface area contributed by atoms with Crippen molar-refractivity contribution in [2.45, 2.75) is 6.10 Å². The molecule has 23 heavy (non-hydrogen) atoms. The van der Waals surface area contributed by atoms with Gasteiger partial charge in [-0.1, -0.05) is 12.1 Å². The van der Waals surface area contributed by atoms with Gasteiger partial charge >= 0.3 is 5.97 Å². The van der Waals surface area contributed by atoms with Crippen LogP contribution in [0.1, 0.15) is 10.4 Å². The molecule has 0 aliphatic heterocycles. The first-order valence-electron chi connectivity index (χ1n) is 7.09. The van der Waals surface area contributed by atoms with E-state index in [1.807, 2.05) is 12.1 Å². The van der Waals surface area contributed by atoms with Gasteiger partial charge in [0.2, 0.25) is 0 Å². The molecule has 0 fully saturated rings. The zero-order valence-electron chi connectivity index (χ0n) is 13.4. The summed E-state index contributed by atoms with van der Waals surface area (Å²) in [6.07, 6.45) is -0.242. The Bertz CT molecular complexity index is 682. The van der Waals surface area contributed by atoms with Crippen LogP contribution >= 0.6 is 0 Å². The summed E-state index contributed by atoms with van der Waals surface area (Å²) in [4.78, 5) is 11.4. The maximum atomic E-state index is 11.4. The summed E-state index contributed by atoms with van der Waals surface area (Å²) in [6.45, 7) is 0.635. The van der Waals surface area contributed by atoms with Gasteiger partial charge in [0.15, 0.2) is 0 Å². The van der Waals surface area contributed by atoms with Gasteiger partial charge in [0.25, 0.3) is 0 Å². The summed E-state index contributed by atoms with van der Waals surface area (Å²) < 4.78 is 21.4. The molecule has 1 N–H and O–H groups in total. The molecule has 2 aromatic carbocycles. The molecule has 0 aromatic heterocycles. The summed E-state index contributed by atoms with van der Waals surface area (Å²) in [5, 5.41) is 10.8. The first-order chi connectivity index (χ1) is 11.1. The van der Waals surface area contributed by atoms with Crippen molar-refractivity contribution in [3.8, 4) is 11.5 Å². The molecule has 2 rings (SSSR count). The number of carboxylic acid groups (broad SMARTS) is 1. The zero-order valence-corrected chi connectivity index (χ0v) is 13.4. The van der Waals surface area contributed by atoms with Crippen LogP contribution in [-0.4, -0.2) is 51.7 Å². The molecule has 0 radical (unpaired) electrons. The van der Waals surface area contributed by atoms with Gasteiger partial charge in [-0.15, -0.1) is 0 Å². The molecule has 0 aliphatic rings. The molecule has 0 heterocycles. The summed E-state index contributed by atoms with van der Waals surface area (Å²) in [7, 11) is 4.70. The van der Waals surface area contributed by atoms with E-state index in [9.17, 15) is 9.90 Å². The Morgan fingerprint density at radius 1 is 1.09 bits per heavy atom. The number of methoxy groups -OCH3 is 3. The molecule has 6 heteroatoms. The summed E-state index contributed by atoms with van der Waals surface area (Å²) in [5.74, 6) is 0.0374. The van der Waals surface area contributed by atoms with Crippen molar-refractivity contribution in [1.29, 1.82) is 0 Å². The van der Waals surface area contributed by atoms with Crippen LogP contribution in [0.25, 0.3) is 10.8 Å². The molecule has 2 aromatic rings. The van der Waals surface area contributed by atoms with Gasteiger partial charge in [0.05, 0.1) is 19.3 Å². The van der Waals surface area contributed by atoms with Gasteiger partial charge in [-0.05, 0) is 18.2 Å². The smallest absolute Gasteiger partial charge is 0.335 e. The standard InChI is InChI=1S/C17H20O6/c1-20-9-12(21-2)10-23-16-8-11(17(18)19)7-14-13(16)5-4-6-15(14)22-3/h4-8,12H,9-10H2,1-3H3,(H,18,19). The minimum absolute atomic E-state index is 0.137. The Labute approximate surface area is 134 Å². The van der Waals surface area contributed by atoms with Crippen LogP contribution in [0.4, 0.5) is 0 Å². The molecule has 1 atom stereocenters. The molecule has 0 amide bonds. The van der Waals surface area contributed by atoms with Crippen molar-refractivity contribution in [3.63, 3.8) is 0 Å².